The quantitative estimate of drug-likeness (QED) is 0.527. The number of fused-ring (bicyclic) bond motifs is 1. The molecule has 0 saturated heterocycles. The minimum Gasteiger partial charge on any atom is -0.0620 e. The summed E-state index contributed by atoms with van der Waals surface area (Å²) >= 11 is 0. The van der Waals surface area contributed by atoms with Gasteiger partial charge in [0.1, 0.15) is 0 Å². The Hall–Kier alpha value is -1.56. The number of rotatable bonds is 0. The summed E-state index contributed by atoms with van der Waals surface area (Å²) in [6.45, 7) is 13.4. The lowest BCUT2D eigenvalue weighted by Gasteiger charge is -2.15. The predicted molar refractivity (Wildman–Crippen MR) is 80.4 cm³/mol. The Morgan fingerprint density at radius 1 is 0.556 bits per heavy atom. The summed E-state index contributed by atoms with van der Waals surface area (Å²) in [7, 11) is 0. The molecule has 2 aliphatic rings. The Kier molecular flexibility index (Phi) is 3.30. The maximum absolute atomic E-state index is 2.25. The van der Waals surface area contributed by atoms with Gasteiger partial charge < -0.3 is 0 Å². The van der Waals surface area contributed by atoms with E-state index < -0.39 is 0 Å². The van der Waals surface area contributed by atoms with Gasteiger partial charge in [0.05, 0.1) is 0 Å². The van der Waals surface area contributed by atoms with Crippen molar-refractivity contribution >= 4 is 0 Å². The number of allylic oxidation sites excluding steroid dienone is 12. The van der Waals surface area contributed by atoms with Gasteiger partial charge in [-0.1, -0.05) is 24.3 Å². The zero-order valence-corrected chi connectivity index (χ0v) is 12.3. The molecule has 0 amide bonds. The van der Waals surface area contributed by atoms with Crippen LogP contribution >= 0.6 is 0 Å². The van der Waals surface area contributed by atoms with Crippen molar-refractivity contribution in [2.75, 3.05) is 0 Å². The topological polar surface area (TPSA) is 0 Å². The van der Waals surface area contributed by atoms with E-state index in [1.54, 1.807) is 0 Å². The lowest BCUT2D eigenvalue weighted by molar-refractivity contribution is 1.21. The third-order valence-electron chi connectivity index (χ3n) is 4.41. The minimum atomic E-state index is 1.36. The van der Waals surface area contributed by atoms with Gasteiger partial charge in [0.2, 0.25) is 0 Å². The first-order chi connectivity index (χ1) is 8.45. The monoisotopic (exact) mass is 238 g/mol. The number of hydrogen-bond acceptors (Lipinski definition) is 0. The first-order valence-corrected chi connectivity index (χ1v) is 6.58. The fourth-order valence-electron chi connectivity index (χ4n) is 2.77. The molecule has 0 atom stereocenters. The van der Waals surface area contributed by atoms with E-state index in [9.17, 15) is 0 Å². The van der Waals surface area contributed by atoms with Crippen LogP contribution < -0.4 is 0 Å². The van der Waals surface area contributed by atoms with E-state index in [2.05, 4.69) is 65.8 Å². The van der Waals surface area contributed by atoms with Crippen molar-refractivity contribution < 1.29 is 0 Å². The van der Waals surface area contributed by atoms with Crippen LogP contribution in [0.5, 0.6) is 0 Å². The maximum Gasteiger partial charge on any atom is -0.0120 e. The summed E-state index contributed by atoms with van der Waals surface area (Å²) < 4.78 is 0. The van der Waals surface area contributed by atoms with Gasteiger partial charge >= 0.3 is 0 Å². The van der Waals surface area contributed by atoms with E-state index in [0.717, 1.165) is 0 Å². The van der Waals surface area contributed by atoms with Crippen LogP contribution in [0.25, 0.3) is 0 Å². The highest BCUT2D eigenvalue weighted by atomic mass is 14.2. The van der Waals surface area contributed by atoms with Crippen LogP contribution in [0.4, 0.5) is 0 Å². The molecule has 0 aromatic rings. The van der Waals surface area contributed by atoms with Crippen LogP contribution in [0.2, 0.25) is 0 Å². The SMILES string of the molecule is CC1=CC=CC=C2C(C)=C(C)C(C)=C(C)C(C)=C12. The molecule has 0 fully saturated rings. The molecule has 0 unspecified atom stereocenters. The van der Waals surface area contributed by atoms with Crippen molar-refractivity contribution in [2.45, 2.75) is 41.5 Å². The van der Waals surface area contributed by atoms with Gasteiger partial charge in [-0.3, -0.25) is 0 Å². The Morgan fingerprint density at radius 3 is 1.72 bits per heavy atom. The molecule has 0 nitrogen and oxygen atoms in total. The highest BCUT2D eigenvalue weighted by molar-refractivity contribution is 5.67. The molecule has 0 heteroatoms. The van der Waals surface area contributed by atoms with Crippen molar-refractivity contribution in [3.8, 4) is 0 Å². The van der Waals surface area contributed by atoms with E-state index in [1.165, 1.54) is 44.6 Å². The largest absolute Gasteiger partial charge is 0.0620 e. The van der Waals surface area contributed by atoms with Gasteiger partial charge in [-0.15, -0.1) is 0 Å². The molecule has 0 saturated carbocycles. The van der Waals surface area contributed by atoms with Crippen LogP contribution in [-0.2, 0) is 0 Å². The van der Waals surface area contributed by atoms with Gasteiger partial charge in [0.25, 0.3) is 0 Å². The van der Waals surface area contributed by atoms with E-state index in [4.69, 9.17) is 0 Å². The lowest BCUT2D eigenvalue weighted by atomic mass is 9.89. The van der Waals surface area contributed by atoms with E-state index in [1.807, 2.05) is 0 Å². The molecule has 0 aliphatic heterocycles. The Bertz CT molecular complexity index is 582. The normalized spacial score (nSPS) is 20.6. The fraction of sp³-hybridized carbons (Fsp3) is 0.333. The molecule has 0 spiro atoms. The Balaban J connectivity index is 2.86. The van der Waals surface area contributed by atoms with Gasteiger partial charge in [-0.25, -0.2) is 0 Å². The molecular formula is C18H22. The average Bonchev–Trinajstić information content (AvgIpc) is 2.58. The molecule has 2 aliphatic carbocycles. The lowest BCUT2D eigenvalue weighted by Crippen LogP contribution is -1.97. The molecule has 0 heterocycles. The molecule has 0 bridgehead atoms. The van der Waals surface area contributed by atoms with Crippen LogP contribution in [-0.4, -0.2) is 0 Å². The second kappa shape index (κ2) is 4.61. The summed E-state index contributed by atoms with van der Waals surface area (Å²) in [5, 5.41) is 0. The van der Waals surface area contributed by atoms with E-state index in [0.29, 0.717) is 0 Å². The summed E-state index contributed by atoms with van der Waals surface area (Å²) in [6.07, 6.45) is 8.73. The van der Waals surface area contributed by atoms with Crippen molar-refractivity contribution in [3.63, 3.8) is 0 Å². The van der Waals surface area contributed by atoms with Gasteiger partial charge in [-0.2, -0.15) is 0 Å². The van der Waals surface area contributed by atoms with Gasteiger partial charge in [0, 0.05) is 0 Å². The third kappa shape index (κ3) is 1.86. The summed E-state index contributed by atoms with van der Waals surface area (Å²) in [5.41, 5.74) is 11.2. The average molecular weight is 238 g/mol. The summed E-state index contributed by atoms with van der Waals surface area (Å²) in [5.74, 6) is 0. The van der Waals surface area contributed by atoms with E-state index >= 15 is 0 Å². The van der Waals surface area contributed by atoms with Crippen molar-refractivity contribution in [1.29, 1.82) is 0 Å². The molecule has 94 valence electrons. The molecule has 18 heavy (non-hydrogen) atoms. The standard InChI is InChI=1S/C18H22/c1-11-9-7-8-10-17-15(5)13(3)12(2)14(4)16(6)18(11)17/h7-10H,1-6H3. The number of hydrogen-bond donors (Lipinski definition) is 0. The zero-order valence-electron chi connectivity index (χ0n) is 12.3. The molecule has 0 aromatic carbocycles. The second-order valence-corrected chi connectivity index (χ2v) is 5.31. The van der Waals surface area contributed by atoms with Crippen LogP contribution in [0.15, 0.2) is 68.9 Å². The summed E-state index contributed by atoms with van der Waals surface area (Å²) in [4.78, 5) is 0. The molecular weight excluding hydrogens is 216 g/mol. The highest BCUT2D eigenvalue weighted by Gasteiger charge is 2.20. The van der Waals surface area contributed by atoms with Gasteiger partial charge in [0.15, 0.2) is 0 Å². The Labute approximate surface area is 111 Å². The van der Waals surface area contributed by atoms with Crippen LogP contribution in [0.3, 0.4) is 0 Å². The smallest absolute Gasteiger partial charge is 0.0120 e. The highest BCUT2D eigenvalue weighted by Crippen LogP contribution is 2.39. The minimum absolute atomic E-state index is 1.36. The molecule has 0 radical (unpaired) electrons. The molecule has 2 rings (SSSR count). The van der Waals surface area contributed by atoms with Gasteiger partial charge in [-0.05, 0) is 86.1 Å². The predicted octanol–water partition coefficient (Wildman–Crippen LogP) is 5.43. The summed E-state index contributed by atoms with van der Waals surface area (Å²) in [6, 6.07) is 0. The van der Waals surface area contributed by atoms with Crippen LogP contribution in [0.1, 0.15) is 41.5 Å². The second-order valence-electron chi connectivity index (χ2n) is 5.31. The first kappa shape index (κ1) is 12.9. The fourth-order valence-corrected chi connectivity index (χ4v) is 2.77. The van der Waals surface area contributed by atoms with Crippen molar-refractivity contribution in [3.05, 3.63) is 68.9 Å². The Morgan fingerprint density at radius 2 is 1.06 bits per heavy atom. The third-order valence-corrected chi connectivity index (χ3v) is 4.41. The zero-order chi connectivity index (χ0) is 13.4. The van der Waals surface area contributed by atoms with Crippen molar-refractivity contribution in [1.82, 2.24) is 0 Å². The molecule has 0 N–H and O–H groups in total. The maximum atomic E-state index is 2.25. The van der Waals surface area contributed by atoms with Crippen molar-refractivity contribution in [2.24, 2.45) is 0 Å². The van der Waals surface area contributed by atoms with Crippen LogP contribution in [0, 0.1) is 0 Å². The first-order valence-electron chi connectivity index (χ1n) is 6.58. The molecule has 0 aromatic heterocycles. The van der Waals surface area contributed by atoms with E-state index in [-0.39, 0.29) is 0 Å².